The van der Waals surface area contributed by atoms with Gasteiger partial charge in [0.2, 0.25) is 5.91 Å². The normalized spacial score (nSPS) is 14.6. The van der Waals surface area contributed by atoms with Gasteiger partial charge in [-0.3, -0.25) is 4.79 Å². The fraction of sp³-hybridized carbons (Fsp3) is 0.727. The summed E-state index contributed by atoms with van der Waals surface area (Å²) >= 11 is 0. The van der Waals surface area contributed by atoms with E-state index in [1.165, 1.54) is 0 Å². The molecule has 1 rings (SSSR count). The van der Waals surface area contributed by atoms with Crippen molar-refractivity contribution < 1.29 is 9.90 Å². The Bertz CT molecular complexity index is 400. The zero-order valence-electron chi connectivity index (χ0n) is 11.1. The molecule has 0 aliphatic carbocycles. The summed E-state index contributed by atoms with van der Waals surface area (Å²) in [6.07, 6.45) is 1.70. The number of carbonyl (C=O) groups is 1. The summed E-state index contributed by atoms with van der Waals surface area (Å²) in [6.45, 7) is 6.26. The molecule has 0 saturated heterocycles. The number of carbonyl (C=O) groups excluding carboxylic acids is 1. The third-order valence-electron chi connectivity index (χ3n) is 2.96. The molecule has 0 spiro atoms. The van der Waals surface area contributed by atoms with E-state index in [-0.39, 0.29) is 18.4 Å². The Kier molecular flexibility index (Phi) is 4.80. The Hall–Kier alpha value is -1.47. The predicted octanol–water partition coefficient (Wildman–Crippen LogP) is -0.740. The summed E-state index contributed by atoms with van der Waals surface area (Å²) in [5.74, 6) is -0.124. The van der Waals surface area contributed by atoms with Gasteiger partial charge in [0, 0.05) is 0 Å². The SMILES string of the molecule is CC(C)C(C)(O)Cn1cc(CNC(=O)CN)nn1. The molecule has 18 heavy (non-hydrogen) atoms. The molecule has 0 bridgehead atoms. The molecule has 0 fully saturated rings. The van der Waals surface area contributed by atoms with Crippen LogP contribution in [-0.2, 0) is 17.9 Å². The average Bonchev–Trinajstić information content (AvgIpc) is 2.72. The van der Waals surface area contributed by atoms with Gasteiger partial charge >= 0.3 is 0 Å². The standard InChI is InChI=1S/C11H21N5O2/c1-8(2)11(3,18)7-16-6-9(14-15-16)5-13-10(17)4-12/h6,8,18H,4-5,7,12H2,1-3H3,(H,13,17). The van der Waals surface area contributed by atoms with Crippen LogP contribution in [0.2, 0.25) is 0 Å². The van der Waals surface area contributed by atoms with Gasteiger partial charge < -0.3 is 16.2 Å². The van der Waals surface area contributed by atoms with Crippen molar-refractivity contribution in [1.29, 1.82) is 0 Å². The lowest BCUT2D eigenvalue weighted by Crippen LogP contribution is -2.36. The molecule has 0 saturated carbocycles. The highest BCUT2D eigenvalue weighted by molar-refractivity contribution is 5.77. The average molecular weight is 255 g/mol. The fourth-order valence-electron chi connectivity index (χ4n) is 1.27. The Morgan fingerprint density at radius 2 is 2.33 bits per heavy atom. The van der Waals surface area contributed by atoms with Crippen LogP contribution in [0, 0.1) is 5.92 Å². The Balaban J connectivity index is 2.56. The van der Waals surface area contributed by atoms with Crippen molar-refractivity contribution >= 4 is 5.91 Å². The van der Waals surface area contributed by atoms with E-state index in [0.717, 1.165) is 0 Å². The monoisotopic (exact) mass is 255 g/mol. The smallest absolute Gasteiger partial charge is 0.234 e. The number of hydrogen-bond donors (Lipinski definition) is 3. The minimum Gasteiger partial charge on any atom is -0.388 e. The van der Waals surface area contributed by atoms with Gasteiger partial charge in [0.25, 0.3) is 0 Å². The van der Waals surface area contributed by atoms with Crippen LogP contribution >= 0.6 is 0 Å². The summed E-state index contributed by atoms with van der Waals surface area (Å²) < 4.78 is 1.57. The lowest BCUT2D eigenvalue weighted by molar-refractivity contribution is -0.119. The number of nitrogens with one attached hydrogen (secondary N) is 1. The number of rotatable bonds is 6. The van der Waals surface area contributed by atoms with Crippen molar-refractivity contribution in [2.45, 2.75) is 39.5 Å². The molecule has 0 radical (unpaired) electrons. The number of amides is 1. The third kappa shape index (κ3) is 4.08. The molecule has 1 aromatic rings. The molecule has 1 atom stereocenters. The minimum atomic E-state index is -0.842. The van der Waals surface area contributed by atoms with Crippen LogP contribution in [0.1, 0.15) is 26.5 Å². The fourth-order valence-corrected chi connectivity index (χ4v) is 1.27. The van der Waals surface area contributed by atoms with Gasteiger partial charge in [-0.05, 0) is 12.8 Å². The van der Waals surface area contributed by atoms with E-state index >= 15 is 0 Å². The van der Waals surface area contributed by atoms with Gasteiger partial charge in [-0.2, -0.15) is 0 Å². The maximum atomic E-state index is 11.0. The molecule has 4 N–H and O–H groups in total. The molecule has 7 heteroatoms. The predicted molar refractivity (Wildman–Crippen MR) is 66.4 cm³/mol. The first-order valence-corrected chi connectivity index (χ1v) is 5.93. The zero-order chi connectivity index (χ0) is 13.8. The first-order chi connectivity index (χ1) is 8.35. The van der Waals surface area contributed by atoms with Gasteiger partial charge in [0.1, 0.15) is 5.69 Å². The summed E-state index contributed by atoms with van der Waals surface area (Å²) in [5.41, 5.74) is 4.97. The molecule has 0 aromatic carbocycles. The van der Waals surface area contributed by atoms with Gasteiger partial charge in [-0.1, -0.05) is 19.1 Å². The quantitative estimate of drug-likeness (QED) is 0.621. The summed E-state index contributed by atoms with van der Waals surface area (Å²) in [7, 11) is 0. The van der Waals surface area contributed by atoms with Gasteiger partial charge in [0.05, 0.1) is 31.4 Å². The van der Waals surface area contributed by atoms with E-state index < -0.39 is 5.60 Å². The van der Waals surface area contributed by atoms with E-state index in [1.54, 1.807) is 17.8 Å². The highest BCUT2D eigenvalue weighted by atomic mass is 16.3. The topological polar surface area (TPSA) is 106 Å². The molecular weight excluding hydrogens is 234 g/mol. The molecule has 0 aliphatic heterocycles. The van der Waals surface area contributed by atoms with Crippen LogP contribution < -0.4 is 11.1 Å². The lowest BCUT2D eigenvalue weighted by Gasteiger charge is -2.26. The second-order valence-electron chi connectivity index (χ2n) is 4.90. The number of aliphatic hydroxyl groups is 1. The lowest BCUT2D eigenvalue weighted by atomic mass is 9.93. The molecule has 1 heterocycles. The maximum Gasteiger partial charge on any atom is 0.234 e. The van der Waals surface area contributed by atoms with Crippen LogP contribution in [0.15, 0.2) is 6.20 Å². The van der Waals surface area contributed by atoms with E-state index in [0.29, 0.717) is 18.8 Å². The molecular formula is C11H21N5O2. The van der Waals surface area contributed by atoms with Crippen molar-refractivity contribution in [3.63, 3.8) is 0 Å². The van der Waals surface area contributed by atoms with E-state index in [2.05, 4.69) is 15.6 Å². The second kappa shape index (κ2) is 5.92. The van der Waals surface area contributed by atoms with Gasteiger partial charge in [0.15, 0.2) is 0 Å². The van der Waals surface area contributed by atoms with Crippen LogP contribution in [0.5, 0.6) is 0 Å². The van der Waals surface area contributed by atoms with Gasteiger partial charge in [-0.15, -0.1) is 5.10 Å². The molecule has 0 aliphatic rings. The highest BCUT2D eigenvalue weighted by Crippen LogP contribution is 2.17. The molecule has 1 unspecified atom stereocenters. The summed E-state index contributed by atoms with van der Waals surface area (Å²) in [6, 6.07) is 0. The minimum absolute atomic E-state index is 0.0454. The Morgan fingerprint density at radius 3 is 2.89 bits per heavy atom. The van der Waals surface area contributed by atoms with E-state index in [1.807, 2.05) is 13.8 Å². The first kappa shape index (κ1) is 14.6. The van der Waals surface area contributed by atoms with Crippen molar-refractivity contribution in [2.75, 3.05) is 6.54 Å². The molecule has 102 valence electrons. The third-order valence-corrected chi connectivity index (χ3v) is 2.96. The van der Waals surface area contributed by atoms with E-state index in [9.17, 15) is 9.90 Å². The second-order valence-corrected chi connectivity index (χ2v) is 4.90. The van der Waals surface area contributed by atoms with Gasteiger partial charge in [-0.25, -0.2) is 4.68 Å². The van der Waals surface area contributed by atoms with Crippen LogP contribution in [0.25, 0.3) is 0 Å². The number of hydrogen-bond acceptors (Lipinski definition) is 5. The Labute approximate surface area is 106 Å². The largest absolute Gasteiger partial charge is 0.388 e. The highest BCUT2D eigenvalue weighted by Gasteiger charge is 2.26. The van der Waals surface area contributed by atoms with Crippen LogP contribution in [0.4, 0.5) is 0 Å². The number of aromatic nitrogens is 3. The van der Waals surface area contributed by atoms with Crippen molar-refractivity contribution in [3.05, 3.63) is 11.9 Å². The molecule has 1 amide bonds. The maximum absolute atomic E-state index is 11.0. The van der Waals surface area contributed by atoms with Crippen molar-refractivity contribution in [3.8, 4) is 0 Å². The van der Waals surface area contributed by atoms with E-state index in [4.69, 9.17) is 5.73 Å². The number of nitrogens with two attached hydrogens (primary N) is 1. The number of nitrogens with zero attached hydrogens (tertiary/aromatic N) is 3. The first-order valence-electron chi connectivity index (χ1n) is 5.93. The summed E-state index contributed by atoms with van der Waals surface area (Å²) in [5, 5.41) is 20.6. The molecule has 1 aromatic heterocycles. The van der Waals surface area contributed by atoms with Crippen LogP contribution in [-0.4, -0.2) is 38.2 Å². The van der Waals surface area contributed by atoms with Crippen LogP contribution in [0.3, 0.4) is 0 Å². The Morgan fingerprint density at radius 1 is 1.67 bits per heavy atom. The molecule has 7 nitrogen and oxygen atoms in total. The summed E-state index contributed by atoms with van der Waals surface area (Å²) in [4.78, 5) is 11.0. The zero-order valence-corrected chi connectivity index (χ0v) is 11.1. The van der Waals surface area contributed by atoms with Crippen molar-refractivity contribution in [1.82, 2.24) is 20.3 Å². The van der Waals surface area contributed by atoms with Crippen molar-refractivity contribution in [2.24, 2.45) is 11.7 Å².